The van der Waals surface area contributed by atoms with Gasteiger partial charge in [-0.2, -0.15) is 0 Å². The molecule has 5 heteroatoms. The molecule has 1 heterocycles. The van der Waals surface area contributed by atoms with Crippen molar-refractivity contribution in [3.63, 3.8) is 0 Å². The Morgan fingerprint density at radius 3 is 2.67 bits per heavy atom. The minimum Gasteiger partial charge on any atom is -0.438 e. The summed E-state index contributed by atoms with van der Waals surface area (Å²) in [6.07, 6.45) is 1.47. The second kappa shape index (κ2) is 5.23. The Balaban J connectivity index is 2.34. The van der Waals surface area contributed by atoms with Crippen LogP contribution in [0.25, 0.3) is 0 Å². The Kier molecular flexibility index (Phi) is 3.67. The molecule has 1 N–H and O–H groups in total. The molecule has 0 saturated heterocycles. The lowest BCUT2D eigenvalue weighted by molar-refractivity contribution is 0.454. The molecule has 0 atom stereocenters. The summed E-state index contributed by atoms with van der Waals surface area (Å²) in [6.45, 7) is 3.85. The molecule has 94 valence electrons. The highest BCUT2D eigenvalue weighted by atomic mass is 35.5. The van der Waals surface area contributed by atoms with Crippen molar-refractivity contribution < 1.29 is 4.74 Å². The Morgan fingerprint density at radius 1 is 1.22 bits per heavy atom. The summed E-state index contributed by atoms with van der Waals surface area (Å²) in [6, 6.07) is 5.48. The van der Waals surface area contributed by atoms with Gasteiger partial charge in [-0.05, 0) is 37.6 Å². The van der Waals surface area contributed by atoms with Crippen LogP contribution < -0.4 is 10.1 Å². The van der Waals surface area contributed by atoms with E-state index in [1.807, 2.05) is 33.0 Å². The molecular formula is C13H14ClN3O. The lowest BCUT2D eigenvalue weighted by Gasteiger charge is -2.11. The normalized spacial score (nSPS) is 10.2. The van der Waals surface area contributed by atoms with Gasteiger partial charge in [-0.1, -0.05) is 11.6 Å². The number of halogens is 1. The first-order valence-electron chi connectivity index (χ1n) is 5.55. The first-order valence-corrected chi connectivity index (χ1v) is 5.93. The fourth-order valence-electron chi connectivity index (χ4n) is 1.62. The average Bonchev–Trinajstić information content (AvgIpc) is 2.35. The maximum Gasteiger partial charge on any atom is 0.227 e. The Morgan fingerprint density at radius 2 is 2.00 bits per heavy atom. The summed E-state index contributed by atoms with van der Waals surface area (Å²) in [5.74, 6) is 2.04. The predicted molar refractivity (Wildman–Crippen MR) is 72.6 cm³/mol. The van der Waals surface area contributed by atoms with Crippen LogP contribution in [0, 0.1) is 13.8 Å². The molecule has 0 spiro atoms. The zero-order valence-electron chi connectivity index (χ0n) is 10.5. The number of rotatable bonds is 3. The molecule has 18 heavy (non-hydrogen) atoms. The molecule has 4 nitrogen and oxygen atoms in total. The number of nitrogens with zero attached hydrogens (tertiary/aromatic N) is 2. The zero-order chi connectivity index (χ0) is 13.1. The SMILES string of the molecule is CNc1ncnc(Oc2ccc(Cl)cc2C)c1C. The van der Waals surface area contributed by atoms with Crippen molar-refractivity contribution in [2.24, 2.45) is 0 Å². The van der Waals surface area contributed by atoms with E-state index in [0.29, 0.717) is 10.9 Å². The molecule has 2 rings (SSSR count). The number of hydrogen-bond donors (Lipinski definition) is 1. The number of aromatic nitrogens is 2. The predicted octanol–water partition coefficient (Wildman–Crippen LogP) is 3.58. The van der Waals surface area contributed by atoms with Gasteiger partial charge >= 0.3 is 0 Å². The maximum atomic E-state index is 5.91. The molecule has 0 amide bonds. The first-order chi connectivity index (χ1) is 8.61. The number of aryl methyl sites for hydroxylation is 1. The fourth-order valence-corrected chi connectivity index (χ4v) is 1.85. The molecule has 0 aliphatic heterocycles. The van der Waals surface area contributed by atoms with E-state index in [1.54, 1.807) is 6.07 Å². The number of nitrogens with one attached hydrogen (secondary N) is 1. The second-order valence-electron chi connectivity index (χ2n) is 3.91. The molecule has 1 aromatic carbocycles. The quantitative estimate of drug-likeness (QED) is 0.919. The minimum absolute atomic E-state index is 0.541. The van der Waals surface area contributed by atoms with Crippen molar-refractivity contribution in [1.29, 1.82) is 0 Å². The molecule has 2 aromatic rings. The van der Waals surface area contributed by atoms with Crippen LogP contribution in [0.3, 0.4) is 0 Å². The molecular weight excluding hydrogens is 250 g/mol. The van der Waals surface area contributed by atoms with Crippen LogP contribution in [0.4, 0.5) is 5.82 Å². The van der Waals surface area contributed by atoms with Crippen LogP contribution in [0.1, 0.15) is 11.1 Å². The van der Waals surface area contributed by atoms with Crippen LogP contribution in [-0.4, -0.2) is 17.0 Å². The summed E-state index contributed by atoms with van der Waals surface area (Å²) in [7, 11) is 1.81. The largest absolute Gasteiger partial charge is 0.438 e. The van der Waals surface area contributed by atoms with Crippen LogP contribution in [0.15, 0.2) is 24.5 Å². The van der Waals surface area contributed by atoms with Gasteiger partial charge < -0.3 is 10.1 Å². The van der Waals surface area contributed by atoms with Crippen molar-refractivity contribution in [3.8, 4) is 11.6 Å². The van der Waals surface area contributed by atoms with Crippen molar-refractivity contribution >= 4 is 17.4 Å². The topological polar surface area (TPSA) is 47.0 Å². The smallest absolute Gasteiger partial charge is 0.227 e. The summed E-state index contributed by atoms with van der Waals surface area (Å²) in [4.78, 5) is 8.25. The van der Waals surface area contributed by atoms with Crippen LogP contribution in [0.5, 0.6) is 11.6 Å². The second-order valence-corrected chi connectivity index (χ2v) is 4.35. The van der Waals surface area contributed by atoms with E-state index in [9.17, 15) is 0 Å². The number of anilines is 1. The fraction of sp³-hybridized carbons (Fsp3) is 0.231. The summed E-state index contributed by atoms with van der Waals surface area (Å²) in [5, 5.41) is 3.68. The zero-order valence-corrected chi connectivity index (χ0v) is 11.2. The molecule has 1 aromatic heterocycles. The molecule has 0 bridgehead atoms. The van der Waals surface area contributed by atoms with Gasteiger partial charge in [0.05, 0.1) is 5.56 Å². The lowest BCUT2D eigenvalue weighted by atomic mass is 10.2. The van der Waals surface area contributed by atoms with E-state index in [2.05, 4.69) is 15.3 Å². The summed E-state index contributed by atoms with van der Waals surface area (Å²) < 4.78 is 5.79. The number of ether oxygens (including phenoxy) is 1. The first kappa shape index (κ1) is 12.6. The maximum absolute atomic E-state index is 5.91. The van der Waals surface area contributed by atoms with Crippen molar-refractivity contribution in [2.75, 3.05) is 12.4 Å². The van der Waals surface area contributed by atoms with E-state index in [4.69, 9.17) is 16.3 Å². The Hall–Kier alpha value is -1.81. The highest BCUT2D eigenvalue weighted by Crippen LogP contribution is 2.29. The summed E-state index contributed by atoms with van der Waals surface area (Å²) in [5.41, 5.74) is 1.83. The Labute approximate surface area is 111 Å². The molecule has 0 aliphatic carbocycles. The average molecular weight is 264 g/mol. The van der Waals surface area contributed by atoms with E-state index in [-0.39, 0.29) is 0 Å². The van der Waals surface area contributed by atoms with Crippen molar-refractivity contribution in [2.45, 2.75) is 13.8 Å². The van der Waals surface area contributed by atoms with E-state index < -0.39 is 0 Å². The van der Waals surface area contributed by atoms with Gasteiger partial charge in [-0.25, -0.2) is 9.97 Å². The third-order valence-corrected chi connectivity index (χ3v) is 2.85. The number of benzene rings is 1. The van der Waals surface area contributed by atoms with Crippen molar-refractivity contribution in [3.05, 3.63) is 40.7 Å². The van der Waals surface area contributed by atoms with E-state index in [0.717, 1.165) is 22.7 Å². The highest BCUT2D eigenvalue weighted by molar-refractivity contribution is 6.30. The monoisotopic (exact) mass is 263 g/mol. The molecule has 0 unspecified atom stereocenters. The van der Waals surface area contributed by atoms with Gasteiger partial charge in [0.25, 0.3) is 0 Å². The van der Waals surface area contributed by atoms with Gasteiger partial charge in [0.2, 0.25) is 5.88 Å². The van der Waals surface area contributed by atoms with Crippen molar-refractivity contribution in [1.82, 2.24) is 9.97 Å². The molecule has 0 fully saturated rings. The lowest BCUT2D eigenvalue weighted by Crippen LogP contribution is -2.00. The number of hydrogen-bond acceptors (Lipinski definition) is 4. The highest BCUT2D eigenvalue weighted by Gasteiger charge is 2.09. The van der Waals surface area contributed by atoms with Gasteiger partial charge in [0.1, 0.15) is 17.9 Å². The van der Waals surface area contributed by atoms with Crippen LogP contribution >= 0.6 is 11.6 Å². The molecule has 0 aliphatic rings. The molecule has 0 saturated carbocycles. The summed E-state index contributed by atoms with van der Waals surface area (Å²) >= 11 is 5.91. The van der Waals surface area contributed by atoms with Gasteiger partial charge in [-0.15, -0.1) is 0 Å². The Bertz CT molecular complexity index is 572. The van der Waals surface area contributed by atoms with Crippen LogP contribution in [0.2, 0.25) is 5.02 Å². The third kappa shape index (κ3) is 2.54. The van der Waals surface area contributed by atoms with Gasteiger partial charge in [0.15, 0.2) is 0 Å². The van der Waals surface area contributed by atoms with Gasteiger partial charge in [0, 0.05) is 12.1 Å². The van der Waals surface area contributed by atoms with Crippen LogP contribution in [-0.2, 0) is 0 Å². The van der Waals surface area contributed by atoms with Gasteiger partial charge in [-0.3, -0.25) is 0 Å². The minimum atomic E-state index is 0.541. The van der Waals surface area contributed by atoms with E-state index in [1.165, 1.54) is 6.33 Å². The third-order valence-electron chi connectivity index (χ3n) is 2.62. The standard InChI is InChI=1S/C13H14ClN3O/c1-8-6-10(14)4-5-11(8)18-13-9(2)12(15-3)16-7-17-13/h4-7H,1-3H3,(H,15,16,17). The van der Waals surface area contributed by atoms with E-state index >= 15 is 0 Å². The molecule has 0 radical (unpaired) electrons.